The maximum Gasteiger partial charge on any atom is 0.0540 e. The molecule has 2 nitrogen and oxygen atoms in total. The zero-order chi connectivity index (χ0) is 34.7. The van der Waals surface area contributed by atoms with E-state index in [0.29, 0.717) is 0 Å². The minimum Gasteiger partial charge on any atom is -0.310 e. The van der Waals surface area contributed by atoms with Crippen LogP contribution in [-0.2, 0) is 5.41 Å². The lowest BCUT2D eigenvalue weighted by atomic mass is 9.82. The van der Waals surface area contributed by atoms with Gasteiger partial charge in [0.25, 0.3) is 0 Å². The average molecular weight is 657 g/mol. The van der Waals surface area contributed by atoms with Crippen LogP contribution in [0.3, 0.4) is 0 Å². The van der Waals surface area contributed by atoms with Crippen LogP contribution in [0, 0.1) is 13.8 Å². The number of nitrogens with zero attached hydrogens (tertiary/aromatic N) is 2. The zero-order valence-corrected chi connectivity index (χ0v) is 29.6. The van der Waals surface area contributed by atoms with Crippen molar-refractivity contribution in [3.8, 4) is 11.1 Å². The van der Waals surface area contributed by atoms with Crippen LogP contribution < -0.4 is 9.80 Å². The first-order chi connectivity index (χ1) is 24.9. The SMILES string of the molecule is Cc1cccc(N(c2ccc3c(c2)C(C)(C)c2cc(N(c4cccc(C)c4)c4cccc5ccccc45)ccc2-3)c2cccc3ccccc23)c1. The fraction of sp³-hybridized carbons (Fsp3) is 0.102. The fourth-order valence-corrected chi connectivity index (χ4v) is 8.19. The Morgan fingerprint density at radius 2 is 0.765 bits per heavy atom. The summed E-state index contributed by atoms with van der Waals surface area (Å²) in [5.41, 5.74) is 14.6. The van der Waals surface area contributed by atoms with E-state index in [4.69, 9.17) is 0 Å². The summed E-state index contributed by atoms with van der Waals surface area (Å²) in [5.74, 6) is 0. The van der Waals surface area contributed by atoms with Crippen LogP contribution in [0.2, 0.25) is 0 Å². The Hall–Kier alpha value is -6.12. The molecule has 0 amide bonds. The predicted molar refractivity (Wildman–Crippen MR) is 218 cm³/mol. The number of hydrogen-bond acceptors (Lipinski definition) is 2. The summed E-state index contributed by atoms with van der Waals surface area (Å²) in [6.45, 7) is 9.11. The van der Waals surface area contributed by atoms with Gasteiger partial charge in [-0.3, -0.25) is 0 Å². The van der Waals surface area contributed by atoms with E-state index in [1.807, 2.05) is 0 Å². The van der Waals surface area contributed by atoms with Gasteiger partial charge < -0.3 is 9.80 Å². The average Bonchev–Trinajstić information content (AvgIpc) is 3.37. The molecule has 0 atom stereocenters. The van der Waals surface area contributed by atoms with E-state index in [-0.39, 0.29) is 5.41 Å². The fourth-order valence-electron chi connectivity index (χ4n) is 8.19. The third-order valence-electron chi connectivity index (χ3n) is 10.7. The molecule has 0 radical (unpaired) electrons. The van der Waals surface area contributed by atoms with Crippen molar-refractivity contribution < 1.29 is 0 Å². The van der Waals surface area contributed by atoms with Crippen molar-refractivity contribution in [1.82, 2.24) is 0 Å². The molecule has 1 aliphatic carbocycles. The van der Waals surface area contributed by atoms with E-state index < -0.39 is 0 Å². The normalized spacial score (nSPS) is 12.9. The molecule has 51 heavy (non-hydrogen) atoms. The Labute approximate surface area is 300 Å². The lowest BCUT2D eigenvalue weighted by Crippen LogP contribution is -2.18. The van der Waals surface area contributed by atoms with E-state index >= 15 is 0 Å². The second-order valence-electron chi connectivity index (χ2n) is 14.4. The van der Waals surface area contributed by atoms with Gasteiger partial charge in [-0.15, -0.1) is 0 Å². The van der Waals surface area contributed by atoms with Crippen molar-refractivity contribution >= 4 is 55.7 Å². The van der Waals surface area contributed by atoms with Crippen LogP contribution in [0.25, 0.3) is 32.7 Å². The van der Waals surface area contributed by atoms with Crippen LogP contribution in [0.1, 0.15) is 36.1 Å². The quantitative estimate of drug-likeness (QED) is 0.176. The van der Waals surface area contributed by atoms with Gasteiger partial charge in [0, 0.05) is 38.9 Å². The van der Waals surface area contributed by atoms with Gasteiger partial charge in [-0.25, -0.2) is 0 Å². The highest BCUT2D eigenvalue weighted by Crippen LogP contribution is 2.53. The summed E-state index contributed by atoms with van der Waals surface area (Å²) in [6.07, 6.45) is 0. The summed E-state index contributed by atoms with van der Waals surface area (Å²) < 4.78 is 0. The molecule has 246 valence electrons. The molecule has 0 spiro atoms. The first kappa shape index (κ1) is 30.9. The Morgan fingerprint density at radius 1 is 0.373 bits per heavy atom. The molecule has 0 saturated carbocycles. The zero-order valence-electron chi connectivity index (χ0n) is 29.6. The van der Waals surface area contributed by atoms with Crippen molar-refractivity contribution in [2.75, 3.05) is 9.80 Å². The van der Waals surface area contributed by atoms with Gasteiger partial charge in [0.2, 0.25) is 0 Å². The van der Waals surface area contributed by atoms with E-state index in [2.05, 4.69) is 207 Å². The van der Waals surface area contributed by atoms with Crippen molar-refractivity contribution in [1.29, 1.82) is 0 Å². The molecule has 0 heterocycles. The topological polar surface area (TPSA) is 6.48 Å². The molecule has 0 bridgehead atoms. The molecule has 0 aliphatic heterocycles. The molecule has 0 fully saturated rings. The summed E-state index contributed by atoms with van der Waals surface area (Å²) in [5, 5.41) is 4.94. The second-order valence-corrected chi connectivity index (χ2v) is 14.4. The predicted octanol–water partition coefficient (Wildman–Crippen LogP) is 13.9. The monoisotopic (exact) mass is 656 g/mol. The summed E-state index contributed by atoms with van der Waals surface area (Å²) >= 11 is 0. The van der Waals surface area contributed by atoms with Gasteiger partial charge in [-0.1, -0.05) is 123 Å². The highest BCUT2D eigenvalue weighted by atomic mass is 15.1. The van der Waals surface area contributed by atoms with E-state index in [9.17, 15) is 0 Å². The number of hydrogen-bond donors (Lipinski definition) is 0. The maximum absolute atomic E-state index is 2.43. The molecule has 1 aliphatic rings. The van der Waals surface area contributed by atoms with Gasteiger partial charge in [0.15, 0.2) is 0 Å². The van der Waals surface area contributed by atoms with Gasteiger partial charge in [0.1, 0.15) is 0 Å². The Bertz CT molecular complexity index is 2420. The number of fused-ring (bicyclic) bond motifs is 5. The summed E-state index contributed by atoms with van der Waals surface area (Å²) in [7, 11) is 0. The molecular formula is C49H40N2. The van der Waals surface area contributed by atoms with Crippen molar-refractivity contribution in [2.45, 2.75) is 33.1 Å². The summed E-state index contributed by atoms with van der Waals surface area (Å²) in [4.78, 5) is 4.86. The van der Waals surface area contributed by atoms with E-state index in [1.54, 1.807) is 0 Å². The molecule has 0 saturated heterocycles. The minimum atomic E-state index is -0.218. The van der Waals surface area contributed by atoms with Gasteiger partial charge in [0.05, 0.1) is 11.4 Å². The largest absolute Gasteiger partial charge is 0.310 e. The molecule has 0 unspecified atom stereocenters. The molecule has 8 aromatic rings. The van der Waals surface area contributed by atoms with Crippen LogP contribution in [-0.4, -0.2) is 0 Å². The standard InChI is InChI=1S/C49H40N2/c1-33-13-9-19-37(29-33)50(47-23-11-17-35-15-5-7-21-41(35)47)39-25-27-43-44-28-26-40(32-46(44)49(3,4)45(43)31-39)51(38-20-10-14-34(2)30-38)48-24-12-18-36-16-6-8-22-42(36)48/h5-32H,1-4H3. The maximum atomic E-state index is 2.43. The molecule has 8 aromatic carbocycles. The van der Waals surface area contributed by atoms with Crippen molar-refractivity contribution in [3.63, 3.8) is 0 Å². The number of aryl methyl sites for hydroxylation is 2. The van der Waals surface area contributed by atoms with Gasteiger partial charge in [-0.2, -0.15) is 0 Å². The molecule has 0 N–H and O–H groups in total. The minimum absolute atomic E-state index is 0.218. The Kier molecular flexibility index (Phi) is 7.29. The number of rotatable bonds is 6. The van der Waals surface area contributed by atoms with Crippen LogP contribution in [0.5, 0.6) is 0 Å². The summed E-state index contributed by atoms with van der Waals surface area (Å²) in [6, 6.07) is 62.5. The van der Waals surface area contributed by atoms with Gasteiger partial charge in [-0.05, 0) is 119 Å². The third-order valence-corrected chi connectivity index (χ3v) is 10.7. The third kappa shape index (κ3) is 5.18. The highest BCUT2D eigenvalue weighted by molar-refractivity contribution is 6.01. The van der Waals surface area contributed by atoms with Crippen LogP contribution in [0.15, 0.2) is 170 Å². The van der Waals surface area contributed by atoms with Crippen LogP contribution >= 0.6 is 0 Å². The van der Waals surface area contributed by atoms with Crippen molar-refractivity contribution in [2.24, 2.45) is 0 Å². The Morgan fingerprint density at radius 3 is 1.22 bits per heavy atom. The second kappa shape index (κ2) is 12.0. The molecule has 2 heteroatoms. The number of benzene rings is 8. The van der Waals surface area contributed by atoms with E-state index in [1.165, 1.54) is 66.3 Å². The molecular weight excluding hydrogens is 617 g/mol. The first-order valence-corrected chi connectivity index (χ1v) is 17.9. The van der Waals surface area contributed by atoms with Gasteiger partial charge >= 0.3 is 0 Å². The van der Waals surface area contributed by atoms with E-state index in [0.717, 1.165) is 22.7 Å². The lowest BCUT2D eigenvalue weighted by Gasteiger charge is -2.30. The number of anilines is 6. The highest BCUT2D eigenvalue weighted by Gasteiger charge is 2.37. The molecule has 0 aromatic heterocycles. The first-order valence-electron chi connectivity index (χ1n) is 17.9. The molecule has 9 rings (SSSR count). The lowest BCUT2D eigenvalue weighted by molar-refractivity contribution is 0.660. The smallest absolute Gasteiger partial charge is 0.0540 e. The van der Waals surface area contributed by atoms with Crippen LogP contribution in [0.4, 0.5) is 34.1 Å². The van der Waals surface area contributed by atoms with Crippen molar-refractivity contribution in [3.05, 3.63) is 192 Å². The Balaban J connectivity index is 1.20.